The Morgan fingerprint density at radius 3 is 2.73 bits per heavy atom. The summed E-state index contributed by atoms with van der Waals surface area (Å²) in [6.45, 7) is 3.83. The van der Waals surface area contributed by atoms with Crippen LogP contribution in [0.25, 0.3) is 10.9 Å². The molecule has 0 fully saturated rings. The predicted octanol–water partition coefficient (Wildman–Crippen LogP) is 2.54. The second-order valence-electron chi connectivity index (χ2n) is 4.02. The number of aryl methyl sites for hydroxylation is 1. The van der Waals surface area contributed by atoms with E-state index in [1.807, 2.05) is 13.8 Å². The molecule has 4 heteroatoms. The van der Waals surface area contributed by atoms with Crippen LogP contribution in [0.2, 0.25) is 0 Å². The maximum absolute atomic E-state index is 13.7. The van der Waals surface area contributed by atoms with E-state index < -0.39 is 5.82 Å². The molecule has 1 aromatic carbocycles. The van der Waals surface area contributed by atoms with Crippen LogP contribution in [0.4, 0.5) is 4.39 Å². The number of aromatic nitrogens is 2. The maximum atomic E-state index is 13.7. The average Bonchev–Trinajstić information content (AvgIpc) is 2.52. The third kappa shape index (κ3) is 1.46. The molecule has 0 amide bonds. The van der Waals surface area contributed by atoms with E-state index in [-0.39, 0.29) is 17.2 Å². The van der Waals surface area contributed by atoms with Crippen LogP contribution in [0, 0.1) is 5.82 Å². The Labute approximate surface area is 87.1 Å². The molecule has 0 radical (unpaired) electrons. The number of hydrogen-bond acceptors (Lipinski definition) is 2. The zero-order valence-electron chi connectivity index (χ0n) is 8.95. The number of phenolic OH excluding ortho intramolecular Hbond substituents is 1. The van der Waals surface area contributed by atoms with Gasteiger partial charge in [0.2, 0.25) is 0 Å². The lowest BCUT2D eigenvalue weighted by atomic mass is 10.0. The highest BCUT2D eigenvalue weighted by molar-refractivity contribution is 5.81. The molecule has 0 unspecified atom stereocenters. The third-order valence-corrected chi connectivity index (χ3v) is 2.48. The highest BCUT2D eigenvalue weighted by atomic mass is 19.1. The van der Waals surface area contributed by atoms with Crippen LogP contribution in [0.1, 0.15) is 25.3 Å². The molecule has 0 spiro atoms. The first-order valence-electron chi connectivity index (χ1n) is 4.85. The lowest BCUT2D eigenvalue weighted by Gasteiger charge is -2.08. The molecule has 15 heavy (non-hydrogen) atoms. The summed E-state index contributed by atoms with van der Waals surface area (Å²) >= 11 is 0. The molecular formula is C11H13FN2O. The Balaban J connectivity index is 2.81. The minimum atomic E-state index is -0.628. The van der Waals surface area contributed by atoms with Gasteiger partial charge in [0, 0.05) is 24.2 Å². The fraction of sp³-hybridized carbons (Fsp3) is 0.364. The van der Waals surface area contributed by atoms with E-state index in [0.29, 0.717) is 5.56 Å². The van der Waals surface area contributed by atoms with Gasteiger partial charge in [-0.25, -0.2) is 4.39 Å². The summed E-state index contributed by atoms with van der Waals surface area (Å²) in [6, 6.07) is 1.78. The van der Waals surface area contributed by atoms with Crippen LogP contribution in [0.5, 0.6) is 5.75 Å². The first kappa shape index (κ1) is 9.96. The Morgan fingerprint density at radius 1 is 1.47 bits per heavy atom. The first-order chi connectivity index (χ1) is 7.00. The molecule has 0 aliphatic carbocycles. The zero-order chi connectivity index (χ0) is 11.2. The van der Waals surface area contributed by atoms with Gasteiger partial charge in [0.15, 0.2) is 11.6 Å². The monoisotopic (exact) mass is 208 g/mol. The van der Waals surface area contributed by atoms with Gasteiger partial charge in [0.05, 0.1) is 0 Å². The number of fused-ring (bicyclic) bond motifs is 1. The normalized spacial score (nSPS) is 11.5. The Hall–Kier alpha value is -1.58. The molecule has 2 rings (SSSR count). The van der Waals surface area contributed by atoms with Gasteiger partial charge in [-0.3, -0.25) is 4.68 Å². The van der Waals surface area contributed by atoms with Gasteiger partial charge < -0.3 is 5.11 Å². The van der Waals surface area contributed by atoms with Crippen LogP contribution >= 0.6 is 0 Å². The van der Waals surface area contributed by atoms with Crippen LogP contribution in [0.3, 0.4) is 0 Å². The summed E-state index contributed by atoms with van der Waals surface area (Å²) in [4.78, 5) is 0. The molecule has 0 bridgehead atoms. The van der Waals surface area contributed by atoms with Crippen molar-refractivity contribution in [2.45, 2.75) is 19.8 Å². The van der Waals surface area contributed by atoms with Gasteiger partial charge in [-0.2, -0.15) is 5.10 Å². The molecule has 3 nitrogen and oxygen atoms in total. The summed E-state index contributed by atoms with van der Waals surface area (Å²) in [5.74, 6) is -0.822. The average molecular weight is 208 g/mol. The van der Waals surface area contributed by atoms with Crippen LogP contribution in [0.15, 0.2) is 12.3 Å². The van der Waals surface area contributed by atoms with Crippen LogP contribution in [-0.4, -0.2) is 14.9 Å². The molecule has 0 aliphatic heterocycles. The largest absolute Gasteiger partial charge is 0.505 e. The van der Waals surface area contributed by atoms with Crippen molar-refractivity contribution in [3.05, 3.63) is 23.6 Å². The van der Waals surface area contributed by atoms with Crippen molar-refractivity contribution in [1.29, 1.82) is 0 Å². The van der Waals surface area contributed by atoms with E-state index >= 15 is 0 Å². The molecule has 80 valence electrons. The van der Waals surface area contributed by atoms with Gasteiger partial charge in [-0.1, -0.05) is 13.8 Å². The number of rotatable bonds is 1. The highest BCUT2D eigenvalue weighted by Gasteiger charge is 2.16. The highest BCUT2D eigenvalue weighted by Crippen LogP contribution is 2.33. The molecule has 0 saturated carbocycles. The summed E-state index contributed by atoms with van der Waals surface area (Å²) in [5.41, 5.74) is 0.840. The number of nitrogens with zero attached hydrogens (tertiary/aromatic N) is 2. The van der Waals surface area contributed by atoms with E-state index in [0.717, 1.165) is 5.39 Å². The van der Waals surface area contributed by atoms with Crippen molar-refractivity contribution in [3.63, 3.8) is 0 Å². The minimum absolute atomic E-state index is 0.0871. The molecule has 1 heterocycles. The smallest absolute Gasteiger partial charge is 0.193 e. The number of halogens is 1. The molecule has 1 aromatic heterocycles. The number of benzene rings is 1. The Bertz CT molecular complexity index is 517. The molecule has 0 saturated heterocycles. The fourth-order valence-corrected chi connectivity index (χ4v) is 1.70. The Morgan fingerprint density at radius 2 is 2.13 bits per heavy atom. The molecule has 2 aromatic rings. The number of aromatic hydroxyl groups is 1. The van der Waals surface area contributed by atoms with Gasteiger partial charge >= 0.3 is 0 Å². The topological polar surface area (TPSA) is 38.0 Å². The van der Waals surface area contributed by atoms with Crippen molar-refractivity contribution in [1.82, 2.24) is 9.78 Å². The predicted molar refractivity (Wildman–Crippen MR) is 56.4 cm³/mol. The van der Waals surface area contributed by atoms with Crippen LogP contribution < -0.4 is 0 Å². The lowest BCUT2D eigenvalue weighted by Crippen LogP contribution is -1.92. The molecular weight excluding hydrogens is 195 g/mol. The fourth-order valence-electron chi connectivity index (χ4n) is 1.70. The Kier molecular flexibility index (Phi) is 2.14. The summed E-state index contributed by atoms with van der Waals surface area (Å²) in [5, 5.41) is 14.3. The minimum Gasteiger partial charge on any atom is -0.505 e. The van der Waals surface area contributed by atoms with E-state index in [4.69, 9.17) is 0 Å². The van der Waals surface area contributed by atoms with Gasteiger partial charge in [0.25, 0.3) is 0 Å². The standard InChI is InChI=1S/C11H13FN2O/c1-6(2)8-4-7-5-14(3)13-10(7)9(12)11(8)15/h4-6,15H,1-3H3. The SMILES string of the molecule is CC(C)c1cc2cn(C)nc2c(F)c1O. The van der Waals surface area contributed by atoms with Crippen molar-refractivity contribution < 1.29 is 9.50 Å². The van der Waals surface area contributed by atoms with E-state index in [9.17, 15) is 9.50 Å². The van der Waals surface area contributed by atoms with Crippen LogP contribution in [-0.2, 0) is 7.05 Å². The molecule has 0 aliphatic rings. The zero-order valence-corrected chi connectivity index (χ0v) is 8.95. The maximum Gasteiger partial charge on any atom is 0.193 e. The molecule has 1 N–H and O–H groups in total. The summed E-state index contributed by atoms with van der Waals surface area (Å²) in [7, 11) is 1.73. The number of hydrogen-bond donors (Lipinski definition) is 1. The summed E-state index contributed by atoms with van der Waals surface area (Å²) < 4.78 is 15.2. The second-order valence-corrected chi connectivity index (χ2v) is 4.02. The third-order valence-electron chi connectivity index (χ3n) is 2.48. The van der Waals surface area contributed by atoms with E-state index in [1.165, 1.54) is 4.68 Å². The quantitative estimate of drug-likeness (QED) is 0.782. The van der Waals surface area contributed by atoms with E-state index in [1.54, 1.807) is 19.3 Å². The first-order valence-corrected chi connectivity index (χ1v) is 4.85. The van der Waals surface area contributed by atoms with Crippen molar-refractivity contribution in [2.75, 3.05) is 0 Å². The van der Waals surface area contributed by atoms with E-state index in [2.05, 4.69) is 5.10 Å². The van der Waals surface area contributed by atoms with Gasteiger partial charge in [-0.05, 0) is 12.0 Å². The van der Waals surface area contributed by atoms with Crippen molar-refractivity contribution >= 4 is 10.9 Å². The van der Waals surface area contributed by atoms with Gasteiger partial charge in [-0.15, -0.1) is 0 Å². The lowest BCUT2D eigenvalue weighted by molar-refractivity contribution is 0.426. The van der Waals surface area contributed by atoms with Crippen molar-refractivity contribution in [2.24, 2.45) is 7.05 Å². The number of phenols is 1. The summed E-state index contributed by atoms with van der Waals surface area (Å²) in [6.07, 6.45) is 1.74. The molecule has 0 atom stereocenters. The van der Waals surface area contributed by atoms with Gasteiger partial charge in [0.1, 0.15) is 5.52 Å². The second kappa shape index (κ2) is 3.22. The van der Waals surface area contributed by atoms with Crippen molar-refractivity contribution in [3.8, 4) is 5.75 Å².